The second-order valence-corrected chi connectivity index (χ2v) is 4.24. The largest absolute Gasteiger partial charge is 0.351 e. The quantitative estimate of drug-likeness (QED) is 0.766. The Balaban J connectivity index is 1.96. The van der Waals surface area contributed by atoms with Crippen LogP contribution in [0.3, 0.4) is 0 Å². The molecule has 2 unspecified atom stereocenters. The number of aromatic nitrogens is 2. The van der Waals surface area contributed by atoms with Gasteiger partial charge in [-0.25, -0.2) is 9.97 Å². The Labute approximate surface area is 90.5 Å². The van der Waals surface area contributed by atoms with E-state index in [2.05, 4.69) is 27.5 Å². The van der Waals surface area contributed by atoms with Gasteiger partial charge in [-0.15, -0.1) is 0 Å². The summed E-state index contributed by atoms with van der Waals surface area (Å²) in [7, 11) is 0. The molecule has 0 spiro atoms. The van der Waals surface area contributed by atoms with Crippen LogP contribution in [0.25, 0.3) is 0 Å². The second kappa shape index (κ2) is 4.57. The molecule has 1 aliphatic heterocycles. The predicted octanol–water partition coefficient (Wildman–Crippen LogP) is 1.34. The second-order valence-electron chi connectivity index (χ2n) is 4.24. The fourth-order valence-electron chi connectivity index (χ4n) is 1.96. The van der Waals surface area contributed by atoms with Crippen LogP contribution in [-0.4, -0.2) is 28.6 Å². The van der Waals surface area contributed by atoms with Crippen molar-refractivity contribution in [3.63, 3.8) is 0 Å². The highest BCUT2D eigenvalue weighted by Crippen LogP contribution is 2.12. The van der Waals surface area contributed by atoms with Crippen LogP contribution in [0.2, 0.25) is 0 Å². The van der Waals surface area contributed by atoms with E-state index in [1.54, 1.807) is 6.20 Å². The minimum Gasteiger partial charge on any atom is -0.351 e. The highest BCUT2D eigenvalue weighted by molar-refractivity contribution is 5.26. The number of hydrogen-bond acceptors (Lipinski definition) is 4. The molecule has 82 valence electrons. The molecule has 0 bridgehead atoms. The van der Waals surface area contributed by atoms with Gasteiger partial charge >= 0.3 is 0 Å². The maximum atomic E-state index is 4.35. The molecule has 1 aliphatic rings. The molecule has 2 heterocycles. The lowest BCUT2D eigenvalue weighted by Crippen LogP contribution is -2.41. The fraction of sp³-hybridized carbons (Fsp3) is 0.636. The number of hydrogen-bond donors (Lipinski definition) is 2. The van der Waals surface area contributed by atoms with E-state index in [4.69, 9.17) is 0 Å². The molecule has 0 radical (unpaired) electrons. The lowest BCUT2D eigenvalue weighted by molar-refractivity contribution is 0.395. The van der Waals surface area contributed by atoms with E-state index in [1.165, 1.54) is 0 Å². The van der Waals surface area contributed by atoms with Gasteiger partial charge in [-0.2, -0.15) is 0 Å². The summed E-state index contributed by atoms with van der Waals surface area (Å²) in [6.45, 7) is 5.27. The van der Waals surface area contributed by atoms with Gasteiger partial charge < -0.3 is 10.6 Å². The smallest absolute Gasteiger partial charge is 0.223 e. The lowest BCUT2D eigenvalue weighted by atomic mass is 10.0. The molecule has 2 N–H and O–H groups in total. The molecule has 4 heteroatoms. The van der Waals surface area contributed by atoms with E-state index in [0.717, 1.165) is 31.0 Å². The predicted molar refractivity (Wildman–Crippen MR) is 60.9 cm³/mol. The number of nitrogens with zero attached hydrogens (tertiary/aromatic N) is 2. The van der Waals surface area contributed by atoms with E-state index >= 15 is 0 Å². The van der Waals surface area contributed by atoms with E-state index in [9.17, 15) is 0 Å². The third kappa shape index (κ3) is 2.89. The first kappa shape index (κ1) is 10.4. The van der Waals surface area contributed by atoms with Gasteiger partial charge in [0.05, 0.1) is 0 Å². The highest BCUT2D eigenvalue weighted by atomic mass is 15.1. The van der Waals surface area contributed by atoms with Crippen molar-refractivity contribution >= 4 is 5.95 Å². The molecular formula is C11H18N4. The first-order valence-electron chi connectivity index (χ1n) is 5.53. The zero-order valence-electron chi connectivity index (χ0n) is 9.33. The zero-order chi connectivity index (χ0) is 10.7. The molecule has 15 heavy (non-hydrogen) atoms. The molecule has 4 nitrogen and oxygen atoms in total. The normalized spacial score (nSPS) is 26.3. The van der Waals surface area contributed by atoms with Crippen molar-refractivity contribution in [3.8, 4) is 0 Å². The van der Waals surface area contributed by atoms with Gasteiger partial charge in [0.1, 0.15) is 0 Å². The van der Waals surface area contributed by atoms with Crippen molar-refractivity contribution in [2.24, 2.45) is 0 Å². The molecule has 1 saturated heterocycles. The average molecular weight is 206 g/mol. The van der Waals surface area contributed by atoms with Gasteiger partial charge in [0, 0.05) is 24.0 Å². The van der Waals surface area contributed by atoms with Crippen molar-refractivity contribution in [2.45, 2.75) is 38.8 Å². The van der Waals surface area contributed by atoms with Crippen LogP contribution in [-0.2, 0) is 0 Å². The third-order valence-electron chi connectivity index (χ3n) is 2.75. The Bertz CT molecular complexity index is 326. The molecule has 0 aliphatic carbocycles. The summed E-state index contributed by atoms with van der Waals surface area (Å²) in [6.07, 6.45) is 4.08. The van der Waals surface area contributed by atoms with Gasteiger partial charge in [-0.1, -0.05) is 0 Å². The average Bonchev–Trinajstić information content (AvgIpc) is 2.17. The molecule has 1 aromatic rings. The topological polar surface area (TPSA) is 49.8 Å². The molecule has 0 amide bonds. The van der Waals surface area contributed by atoms with Crippen LogP contribution in [0.5, 0.6) is 0 Å². The van der Waals surface area contributed by atoms with Gasteiger partial charge in [0.25, 0.3) is 0 Å². The minimum absolute atomic E-state index is 0.503. The summed E-state index contributed by atoms with van der Waals surface area (Å²) in [5.74, 6) is 0.758. The molecular weight excluding hydrogens is 188 g/mol. The minimum atomic E-state index is 0.503. The first-order valence-corrected chi connectivity index (χ1v) is 5.53. The SMILES string of the molecule is Cc1ccnc(NC2CCNC(C)C2)n1. The Morgan fingerprint density at radius 1 is 1.53 bits per heavy atom. The standard InChI is InChI=1S/C11H18N4/c1-8-3-5-13-11(14-8)15-10-4-6-12-9(2)7-10/h3,5,9-10,12H,4,6-7H2,1-2H3,(H,13,14,15). The van der Waals surface area contributed by atoms with Gasteiger partial charge in [-0.05, 0) is 39.3 Å². The van der Waals surface area contributed by atoms with E-state index in [1.807, 2.05) is 13.0 Å². The van der Waals surface area contributed by atoms with Gasteiger partial charge in [0.2, 0.25) is 5.95 Å². The van der Waals surface area contributed by atoms with Crippen LogP contribution in [0.1, 0.15) is 25.5 Å². The number of nitrogens with one attached hydrogen (secondary N) is 2. The molecule has 2 atom stereocenters. The van der Waals surface area contributed by atoms with Gasteiger partial charge in [-0.3, -0.25) is 0 Å². The molecule has 1 fully saturated rings. The Hall–Kier alpha value is -1.16. The van der Waals surface area contributed by atoms with Crippen molar-refractivity contribution in [2.75, 3.05) is 11.9 Å². The molecule has 2 rings (SSSR count). The maximum absolute atomic E-state index is 4.35. The number of anilines is 1. The number of aryl methyl sites for hydroxylation is 1. The van der Waals surface area contributed by atoms with Gasteiger partial charge in [0.15, 0.2) is 0 Å². The van der Waals surface area contributed by atoms with Crippen LogP contribution < -0.4 is 10.6 Å². The van der Waals surface area contributed by atoms with Crippen LogP contribution >= 0.6 is 0 Å². The van der Waals surface area contributed by atoms with E-state index < -0.39 is 0 Å². The van der Waals surface area contributed by atoms with Crippen LogP contribution in [0, 0.1) is 6.92 Å². The zero-order valence-corrected chi connectivity index (χ0v) is 9.33. The summed E-state index contributed by atoms with van der Waals surface area (Å²) in [5.41, 5.74) is 1.01. The van der Waals surface area contributed by atoms with Crippen molar-refractivity contribution in [1.82, 2.24) is 15.3 Å². The third-order valence-corrected chi connectivity index (χ3v) is 2.75. The monoisotopic (exact) mass is 206 g/mol. The molecule has 0 saturated carbocycles. The Kier molecular flexibility index (Phi) is 3.16. The van der Waals surface area contributed by atoms with Crippen molar-refractivity contribution < 1.29 is 0 Å². The molecule has 1 aromatic heterocycles. The lowest BCUT2D eigenvalue weighted by Gasteiger charge is -2.28. The van der Waals surface area contributed by atoms with E-state index in [-0.39, 0.29) is 0 Å². The fourth-order valence-corrected chi connectivity index (χ4v) is 1.96. The number of piperidine rings is 1. The summed E-state index contributed by atoms with van der Waals surface area (Å²) in [6, 6.07) is 3.00. The summed E-state index contributed by atoms with van der Waals surface area (Å²) < 4.78 is 0. The van der Waals surface area contributed by atoms with E-state index in [0.29, 0.717) is 12.1 Å². The molecule has 0 aromatic carbocycles. The van der Waals surface area contributed by atoms with Crippen LogP contribution in [0.15, 0.2) is 12.3 Å². The summed E-state index contributed by atoms with van der Waals surface area (Å²) >= 11 is 0. The van der Waals surface area contributed by atoms with Crippen molar-refractivity contribution in [1.29, 1.82) is 0 Å². The highest BCUT2D eigenvalue weighted by Gasteiger charge is 2.18. The number of rotatable bonds is 2. The maximum Gasteiger partial charge on any atom is 0.223 e. The Morgan fingerprint density at radius 2 is 2.40 bits per heavy atom. The van der Waals surface area contributed by atoms with Crippen LogP contribution in [0.4, 0.5) is 5.95 Å². The summed E-state index contributed by atoms with van der Waals surface area (Å²) in [4.78, 5) is 8.57. The first-order chi connectivity index (χ1) is 7.24. The van der Waals surface area contributed by atoms with Crippen molar-refractivity contribution in [3.05, 3.63) is 18.0 Å². The summed E-state index contributed by atoms with van der Waals surface area (Å²) in [5, 5.41) is 6.82. The Morgan fingerprint density at radius 3 is 3.13 bits per heavy atom.